The van der Waals surface area contributed by atoms with Gasteiger partial charge in [0.25, 0.3) is 0 Å². The Morgan fingerprint density at radius 3 is 1.56 bits per heavy atom. The van der Waals surface area contributed by atoms with E-state index in [1.165, 1.54) is 65.3 Å². The number of nitrogens with zero attached hydrogens (tertiary/aromatic N) is 1. The molecule has 0 fully saturated rings. The van der Waals surface area contributed by atoms with Crippen LogP contribution in [-0.2, 0) is 0 Å². The van der Waals surface area contributed by atoms with Crippen molar-refractivity contribution in [2.24, 2.45) is 0 Å². The summed E-state index contributed by atoms with van der Waals surface area (Å²) in [5, 5.41) is 12.1. The van der Waals surface area contributed by atoms with Crippen LogP contribution in [0.3, 0.4) is 0 Å². The van der Waals surface area contributed by atoms with E-state index in [9.17, 15) is 0 Å². The van der Waals surface area contributed by atoms with Crippen LogP contribution in [0.25, 0.3) is 110 Å². The van der Waals surface area contributed by atoms with Crippen LogP contribution in [0.1, 0.15) is 0 Å². The molecule has 12 aromatic carbocycles. The Bertz CT molecular complexity index is 3980. The predicted octanol–water partition coefficient (Wildman–Crippen LogP) is 18.3. The highest BCUT2D eigenvalue weighted by molar-refractivity contribution is 6.22. The molecule has 0 saturated heterocycles. The summed E-state index contributed by atoms with van der Waals surface area (Å²) in [5.41, 5.74) is 14.5. The molecule has 0 aliphatic carbocycles. The molecule has 1 heterocycles. The fourth-order valence-corrected chi connectivity index (χ4v) is 10.4. The molecule has 13 aromatic rings. The maximum Gasteiger partial charge on any atom is 0.143 e. The molecule has 0 saturated carbocycles. The Balaban J connectivity index is 1.01. The summed E-state index contributed by atoms with van der Waals surface area (Å²) in [5.74, 6) is 0. The molecule has 66 heavy (non-hydrogen) atoms. The first kappa shape index (κ1) is 37.8. The van der Waals surface area contributed by atoms with Crippen molar-refractivity contribution < 1.29 is 4.42 Å². The lowest BCUT2D eigenvalue weighted by Gasteiger charge is -2.28. The molecule has 0 atom stereocenters. The van der Waals surface area contributed by atoms with E-state index in [2.05, 4.69) is 241 Å². The molecule has 0 spiro atoms. The molecule has 0 amide bonds. The van der Waals surface area contributed by atoms with Crippen LogP contribution in [0.15, 0.2) is 253 Å². The van der Waals surface area contributed by atoms with Gasteiger partial charge in [-0.05, 0) is 119 Å². The molecule has 2 nitrogen and oxygen atoms in total. The van der Waals surface area contributed by atoms with E-state index < -0.39 is 0 Å². The van der Waals surface area contributed by atoms with E-state index in [0.29, 0.717) is 0 Å². The molecule has 0 radical (unpaired) electrons. The second-order valence-electron chi connectivity index (χ2n) is 17.2. The zero-order valence-corrected chi connectivity index (χ0v) is 36.0. The van der Waals surface area contributed by atoms with Gasteiger partial charge in [-0.1, -0.05) is 206 Å². The minimum atomic E-state index is 0.901. The minimum Gasteiger partial charge on any atom is -0.455 e. The molecule has 1 aromatic heterocycles. The van der Waals surface area contributed by atoms with Crippen molar-refractivity contribution in [1.29, 1.82) is 0 Å². The van der Waals surface area contributed by atoms with Crippen LogP contribution in [0.2, 0.25) is 0 Å². The Labute approximate surface area is 382 Å². The highest BCUT2D eigenvalue weighted by Crippen LogP contribution is 2.47. The molecular formula is C64H41NO. The Morgan fingerprint density at radius 1 is 0.273 bits per heavy atom. The molecule has 13 rings (SSSR count). The van der Waals surface area contributed by atoms with Gasteiger partial charge in [-0.25, -0.2) is 0 Å². The number of hydrogen-bond acceptors (Lipinski definition) is 2. The van der Waals surface area contributed by atoms with Crippen molar-refractivity contribution in [3.05, 3.63) is 249 Å². The largest absolute Gasteiger partial charge is 0.455 e. The van der Waals surface area contributed by atoms with Gasteiger partial charge in [-0.2, -0.15) is 0 Å². The SMILES string of the molecule is c1ccc(-c2c(-c3ccccc3)c3cc(-c4cccc(N(c5ccc(-c6cccc7c6oc6ccccc67)cc5)c5cc6ccccc6c6ccccc56)c4)ccc3c3ccccc23)cc1. The number of para-hydroxylation sites is 2. The van der Waals surface area contributed by atoms with Crippen molar-refractivity contribution >= 4 is 82.1 Å². The predicted molar refractivity (Wildman–Crippen MR) is 280 cm³/mol. The first-order valence-electron chi connectivity index (χ1n) is 22.7. The molecule has 0 N–H and O–H groups in total. The van der Waals surface area contributed by atoms with Crippen molar-refractivity contribution in [3.63, 3.8) is 0 Å². The van der Waals surface area contributed by atoms with Gasteiger partial charge in [0.05, 0.1) is 5.69 Å². The summed E-state index contributed by atoms with van der Waals surface area (Å²) in [6.45, 7) is 0. The average molecular weight is 840 g/mol. The summed E-state index contributed by atoms with van der Waals surface area (Å²) in [6, 6.07) is 90.3. The van der Waals surface area contributed by atoms with E-state index in [1.54, 1.807) is 0 Å². The van der Waals surface area contributed by atoms with Crippen molar-refractivity contribution in [1.82, 2.24) is 0 Å². The van der Waals surface area contributed by atoms with Crippen LogP contribution in [0, 0.1) is 0 Å². The van der Waals surface area contributed by atoms with Crippen molar-refractivity contribution in [3.8, 4) is 44.5 Å². The standard InChI is InChI=1S/C64H41NO/c1-3-17-43(18-4-1)62-57-29-12-10-26-53(57)54-38-35-46(40-59(54)63(62)44-19-5-2-6-20-44)45-22-15-23-49(39-45)65(60-41-47-21-7-8-24-50(47)52-25-9-11-27-55(52)60)48-36-33-42(34-37-48)51-30-16-31-58-56-28-13-14-32-61(56)66-64(51)58/h1-41H. The number of fused-ring (bicyclic) bond motifs is 9. The maximum atomic E-state index is 6.50. The molecule has 0 unspecified atom stereocenters. The highest BCUT2D eigenvalue weighted by Gasteiger charge is 2.21. The van der Waals surface area contributed by atoms with Crippen LogP contribution in [0.4, 0.5) is 17.1 Å². The quantitative estimate of drug-likeness (QED) is 0.149. The first-order valence-corrected chi connectivity index (χ1v) is 22.7. The lowest BCUT2D eigenvalue weighted by molar-refractivity contribution is 0.670. The van der Waals surface area contributed by atoms with E-state index in [0.717, 1.165) is 61.3 Å². The Morgan fingerprint density at radius 2 is 0.803 bits per heavy atom. The third-order valence-electron chi connectivity index (χ3n) is 13.4. The number of anilines is 3. The van der Waals surface area contributed by atoms with Gasteiger partial charge < -0.3 is 9.32 Å². The van der Waals surface area contributed by atoms with Gasteiger partial charge in [0.1, 0.15) is 11.2 Å². The van der Waals surface area contributed by atoms with Crippen LogP contribution in [-0.4, -0.2) is 0 Å². The number of hydrogen-bond donors (Lipinski definition) is 0. The zero-order valence-electron chi connectivity index (χ0n) is 36.0. The summed E-state index contributed by atoms with van der Waals surface area (Å²) in [6.07, 6.45) is 0. The van der Waals surface area contributed by atoms with E-state index in [4.69, 9.17) is 4.42 Å². The molecular weight excluding hydrogens is 799 g/mol. The monoisotopic (exact) mass is 839 g/mol. The number of rotatable bonds is 7. The van der Waals surface area contributed by atoms with Gasteiger partial charge in [0, 0.05) is 33.1 Å². The van der Waals surface area contributed by atoms with Gasteiger partial charge in [0.15, 0.2) is 0 Å². The topological polar surface area (TPSA) is 16.4 Å². The molecule has 0 aliphatic rings. The second kappa shape index (κ2) is 15.5. The fraction of sp³-hybridized carbons (Fsp3) is 0. The minimum absolute atomic E-state index is 0.901. The van der Waals surface area contributed by atoms with Crippen LogP contribution >= 0.6 is 0 Å². The van der Waals surface area contributed by atoms with E-state index in [-0.39, 0.29) is 0 Å². The van der Waals surface area contributed by atoms with Crippen LogP contribution in [0.5, 0.6) is 0 Å². The molecule has 0 bridgehead atoms. The fourth-order valence-electron chi connectivity index (χ4n) is 10.4. The number of benzene rings is 12. The third kappa shape index (κ3) is 6.18. The third-order valence-corrected chi connectivity index (χ3v) is 13.4. The lowest BCUT2D eigenvalue weighted by Crippen LogP contribution is -2.10. The zero-order chi connectivity index (χ0) is 43.6. The molecule has 308 valence electrons. The summed E-state index contributed by atoms with van der Waals surface area (Å²) in [4.78, 5) is 2.43. The van der Waals surface area contributed by atoms with Crippen molar-refractivity contribution in [2.75, 3.05) is 4.90 Å². The molecule has 0 aliphatic heterocycles. The van der Waals surface area contributed by atoms with E-state index in [1.807, 2.05) is 12.1 Å². The lowest BCUT2D eigenvalue weighted by atomic mass is 9.84. The summed E-state index contributed by atoms with van der Waals surface area (Å²) in [7, 11) is 0. The van der Waals surface area contributed by atoms with Crippen molar-refractivity contribution in [2.45, 2.75) is 0 Å². The van der Waals surface area contributed by atoms with Gasteiger partial charge in [0.2, 0.25) is 0 Å². The highest BCUT2D eigenvalue weighted by atomic mass is 16.3. The molecule has 2 heteroatoms. The van der Waals surface area contributed by atoms with E-state index >= 15 is 0 Å². The van der Waals surface area contributed by atoms with Gasteiger partial charge in [-0.3, -0.25) is 0 Å². The van der Waals surface area contributed by atoms with Gasteiger partial charge in [-0.15, -0.1) is 0 Å². The Kier molecular flexibility index (Phi) is 8.89. The average Bonchev–Trinajstić information content (AvgIpc) is 3.78. The maximum absolute atomic E-state index is 6.50. The van der Waals surface area contributed by atoms with Crippen LogP contribution < -0.4 is 4.90 Å². The Hall–Kier alpha value is -8.72. The normalized spacial score (nSPS) is 11.6. The summed E-state index contributed by atoms with van der Waals surface area (Å²) >= 11 is 0. The number of furan rings is 1. The summed E-state index contributed by atoms with van der Waals surface area (Å²) < 4.78 is 6.50. The van der Waals surface area contributed by atoms with Gasteiger partial charge >= 0.3 is 0 Å². The second-order valence-corrected chi connectivity index (χ2v) is 17.2. The smallest absolute Gasteiger partial charge is 0.143 e. The first-order chi connectivity index (χ1) is 32.7.